The Kier molecular flexibility index (Phi) is 6.41. The van der Waals surface area contributed by atoms with Crippen molar-refractivity contribution in [2.45, 2.75) is 52.1 Å². The van der Waals surface area contributed by atoms with Gasteiger partial charge in [0.1, 0.15) is 11.9 Å². The Labute approximate surface area is 79.1 Å². The fourth-order valence-corrected chi connectivity index (χ4v) is 1.07. The van der Waals surface area contributed by atoms with Crippen LogP contribution in [0, 0.1) is 0 Å². The molecule has 76 valence electrons. The van der Waals surface area contributed by atoms with Crippen molar-refractivity contribution in [3.05, 3.63) is 0 Å². The lowest BCUT2D eigenvalue weighted by atomic mass is 10.0. The van der Waals surface area contributed by atoms with Gasteiger partial charge in [-0.1, -0.05) is 13.8 Å². The zero-order chi connectivity index (χ0) is 10.3. The minimum atomic E-state index is -0.866. The lowest BCUT2D eigenvalue weighted by Gasteiger charge is -2.06. The molecule has 1 atom stereocenters. The summed E-state index contributed by atoms with van der Waals surface area (Å²) in [7, 11) is 0. The molecule has 0 unspecified atom stereocenters. The monoisotopic (exact) mass is 186 g/mol. The lowest BCUT2D eigenvalue weighted by molar-refractivity contribution is -0.127. The summed E-state index contributed by atoms with van der Waals surface area (Å²) in [5.41, 5.74) is 0. The number of hydrogen-bond donors (Lipinski definition) is 1. The SMILES string of the molecule is CCC(=O)CCC[C@H](O)C(=O)CC. The second kappa shape index (κ2) is 6.78. The maximum atomic E-state index is 10.9. The van der Waals surface area contributed by atoms with Crippen LogP contribution in [0.1, 0.15) is 46.0 Å². The van der Waals surface area contributed by atoms with Crippen LogP contribution in [0.3, 0.4) is 0 Å². The van der Waals surface area contributed by atoms with E-state index >= 15 is 0 Å². The Morgan fingerprint density at radius 1 is 1.23 bits per heavy atom. The van der Waals surface area contributed by atoms with Gasteiger partial charge < -0.3 is 5.11 Å². The molecule has 1 N–H and O–H groups in total. The largest absolute Gasteiger partial charge is 0.385 e. The summed E-state index contributed by atoms with van der Waals surface area (Å²) in [4.78, 5) is 21.8. The Morgan fingerprint density at radius 2 is 1.85 bits per heavy atom. The molecule has 0 aromatic rings. The van der Waals surface area contributed by atoms with Crippen molar-refractivity contribution < 1.29 is 14.7 Å². The van der Waals surface area contributed by atoms with E-state index in [0.717, 1.165) is 0 Å². The molecule has 0 radical (unpaired) electrons. The van der Waals surface area contributed by atoms with Gasteiger partial charge in [0.15, 0.2) is 5.78 Å². The van der Waals surface area contributed by atoms with Crippen LogP contribution in [0.25, 0.3) is 0 Å². The highest BCUT2D eigenvalue weighted by atomic mass is 16.3. The maximum absolute atomic E-state index is 10.9. The summed E-state index contributed by atoms with van der Waals surface area (Å²) < 4.78 is 0. The van der Waals surface area contributed by atoms with E-state index in [2.05, 4.69) is 0 Å². The predicted octanol–water partition coefficient (Wildman–Crippen LogP) is 1.48. The van der Waals surface area contributed by atoms with Crippen LogP contribution in [0.4, 0.5) is 0 Å². The number of ketones is 2. The molecule has 0 heterocycles. The first-order chi connectivity index (χ1) is 6.11. The van der Waals surface area contributed by atoms with E-state index in [1.807, 2.05) is 6.92 Å². The highest BCUT2D eigenvalue weighted by Crippen LogP contribution is 2.05. The van der Waals surface area contributed by atoms with Crippen LogP contribution in [0.2, 0.25) is 0 Å². The third-order valence-corrected chi connectivity index (χ3v) is 2.05. The van der Waals surface area contributed by atoms with E-state index in [1.165, 1.54) is 0 Å². The summed E-state index contributed by atoms with van der Waals surface area (Å²) in [5, 5.41) is 9.24. The molecule has 0 aromatic heterocycles. The predicted molar refractivity (Wildman–Crippen MR) is 50.5 cm³/mol. The normalized spacial score (nSPS) is 12.5. The number of carbonyl (C=O) groups excluding carboxylic acids is 2. The molecule has 0 bridgehead atoms. The Balaban J connectivity index is 3.53. The van der Waals surface area contributed by atoms with Crippen LogP contribution in [-0.2, 0) is 9.59 Å². The standard InChI is InChI=1S/C10H18O3/c1-3-8(11)6-5-7-10(13)9(12)4-2/h10,13H,3-7H2,1-2H3/t10-/m0/s1. The van der Waals surface area contributed by atoms with Gasteiger partial charge >= 0.3 is 0 Å². The molecule has 0 rings (SSSR count). The Morgan fingerprint density at radius 3 is 2.31 bits per heavy atom. The number of Topliss-reactive ketones (excluding diaryl/α,β-unsaturated/α-hetero) is 2. The third-order valence-electron chi connectivity index (χ3n) is 2.05. The average molecular weight is 186 g/mol. The van der Waals surface area contributed by atoms with Gasteiger partial charge in [-0.25, -0.2) is 0 Å². The molecule has 0 aliphatic carbocycles. The van der Waals surface area contributed by atoms with Crippen LogP contribution >= 0.6 is 0 Å². The van der Waals surface area contributed by atoms with E-state index in [9.17, 15) is 14.7 Å². The summed E-state index contributed by atoms with van der Waals surface area (Å²) in [6.45, 7) is 3.54. The lowest BCUT2D eigenvalue weighted by Crippen LogP contribution is -2.19. The highest BCUT2D eigenvalue weighted by Gasteiger charge is 2.12. The number of aliphatic hydroxyl groups is 1. The molecule has 0 aliphatic rings. The minimum Gasteiger partial charge on any atom is -0.385 e. The van der Waals surface area contributed by atoms with Gasteiger partial charge in [0.2, 0.25) is 0 Å². The second-order valence-corrected chi connectivity index (χ2v) is 3.12. The number of aliphatic hydroxyl groups excluding tert-OH is 1. The van der Waals surface area contributed by atoms with Crippen molar-refractivity contribution in [1.29, 1.82) is 0 Å². The number of hydrogen-bond acceptors (Lipinski definition) is 3. The molecule has 0 aliphatic heterocycles. The average Bonchev–Trinajstić information content (AvgIpc) is 2.15. The topological polar surface area (TPSA) is 54.4 Å². The van der Waals surface area contributed by atoms with Crippen molar-refractivity contribution in [2.75, 3.05) is 0 Å². The van der Waals surface area contributed by atoms with Gasteiger partial charge in [0.05, 0.1) is 0 Å². The van der Waals surface area contributed by atoms with Crippen molar-refractivity contribution in [1.82, 2.24) is 0 Å². The molecule has 3 heteroatoms. The van der Waals surface area contributed by atoms with Crippen molar-refractivity contribution in [3.63, 3.8) is 0 Å². The molecular formula is C10H18O3. The first-order valence-corrected chi connectivity index (χ1v) is 4.84. The Bertz CT molecular complexity index is 175. The van der Waals surface area contributed by atoms with Gasteiger partial charge in [-0.3, -0.25) is 9.59 Å². The molecule has 0 saturated carbocycles. The quantitative estimate of drug-likeness (QED) is 0.655. The van der Waals surface area contributed by atoms with E-state index in [-0.39, 0.29) is 11.6 Å². The first-order valence-electron chi connectivity index (χ1n) is 4.84. The molecule has 0 amide bonds. The molecule has 0 aromatic carbocycles. The van der Waals surface area contributed by atoms with Crippen LogP contribution < -0.4 is 0 Å². The zero-order valence-corrected chi connectivity index (χ0v) is 8.38. The maximum Gasteiger partial charge on any atom is 0.160 e. The number of carbonyl (C=O) groups is 2. The van der Waals surface area contributed by atoms with Gasteiger partial charge in [-0.05, 0) is 12.8 Å². The highest BCUT2D eigenvalue weighted by molar-refractivity contribution is 5.82. The molecule has 0 saturated heterocycles. The van der Waals surface area contributed by atoms with Gasteiger partial charge in [-0.2, -0.15) is 0 Å². The van der Waals surface area contributed by atoms with Gasteiger partial charge in [0.25, 0.3) is 0 Å². The van der Waals surface area contributed by atoms with E-state index < -0.39 is 6.10 Å². The van der Waals surface area contributed by atoms with E-state index in [4.69, 9.17) is 0 Å². The minimum absolute atomic E-state index is 0.135. The van der Waals surface area contributed by atoms with Crippen LogP contribution in [0.15, 0.2) is 0 Å². The fraction of sp³-hybridized carbons (Fsp3) is 0.800. The second-order valence-electron chi connectivity index (χ2n) is 3.12. The van der Waals surface area contributed by atoms with Gasteiger partial charge in [-0.15, -0.1) is 0 Å². The van der Waals surface area contributed by atoms with Crippen LogP contribution in [0.5, 0.6) is 0 Å². The molecule has 0 spiro atoms. The molecular weight excluding hydrogens is 168 g/mol. The van der Waals surface area contributed by atoms with Crippen molar-refractivity contribution >= 4 is 11.6 Å². The summed E-state index contributed by atoms with van der Waals surface area (Å²) >= 11 is 0. The molecule has 13 heavy (non-hydrogen) atoms. The first kappa shape index (κ1) is 12.3. The molecule has 3 nitrogen and oxygen atoms in total. The zero-order valence-electron chi connectivity index (χ0n) is 8.38. The molecule has 0 fully saturated rings. The number of rotatable bonds is 7. The Hall–Kier alpha value is -0.700. The van der Waals surface area contributed by atoms with Crippen molar-refractivity contribution in [2.24, 2.45) is 0 Å². The summed E-state index contributed by atoms with van der Waals surface area (Å²) in [5.74, 6) is 0.0556. The van der Waals surface area contributed by atoms with Gasteiger partial charge in [0, 0.05) is 19.3 Å². The fourth-order valence-electron chi connectivity index (χ4n) is 1.07. The van der Waals surface area contributed by atoms with Crippen LogP contribution in [-0.4, -0.2) is 22.8 Å². The van der Waals surface area contributed by atoms with Crippen molar-refractivity contribution in [3.8, 4) is 0 Å². The smallest absolute Gasteiger partial charge is 0.160 e. The summed E-state index contributed by atoms with van der Waals surface area (Å²) in [6, 6.07) is 0. The van der Waals surface area contributed by atoms with E-state index in [1.54, 1.807) is 6.92 Å². The van der Waals surface area contributed by atoms with E-state index in [0.29, 0.717) is 32.1 Å². The summed E-state index contributed by atoms with van der Waals surface area (Å²) in [6.07, 6.45) is 1.54. The third kappa shape index (κ3) is 5.53.